The molecular formula is C19H11Cl2F3N4O2. The second kappa shape index (κ2) is 8.68. The van der Waals surface area contributed by atoms with Gasteiger partial charge in [-0.15, -0.1) is 0 Å². The van der Waals surface area contributed by atoms with Gasteiger partial charge in [0.25, 0.3) is 5.91 Å². The summed E-state index contributed by atoms with van der Waals surface area (Å²) in [5, 5.41) is 3.94. The van der Waals surface area contributed by atoms with Crippen LogP contribution in [0.1, 0.15) is 16.1 Å². The highest BCUT2D eigenvalue weighted by molar-refractivity contribution is 6.40. The van der Waals surface area contributed by atoms with Gasteiger partial charge in [0, 0.05) is 5.56 Å². The zero-order valence-corrected chi connectivity index (χ0v) is 16.3. The van der Waals surface area contributed by atoms with E-state index >= 15 is 0 Å². The molecule has 0 saturated carbocycles. The summed E-state index contributed by atoms with van der Waals surface area (Å²) in [7, 11) is 0. The number of imide groups is 1. The molecule has 0 radical (unpaired) electrons. The molecule has 0 saturated heterocycles. The topological polar surface area (TPSA) is 84.0 Å². The number of urea groups is 1. The first-order chi connectivity index (χ1) is 14.1. The van der Waals surface area contributed by atoms with E-state index in [1.807, 2.05) is 10.6 Å². The molecule has 11 heteroatoms. The number of benzene rings is 2. The molecule has 2 aromatic carbocycles. The number of carbonyl (C=O) groups is 2. The predicted molar refractivity (Wildman–Crippen MR) is 105 cm³/mol. The normalized spacial score (nSPS) is 11.1. The lowest BCUT2D eigenvalue weighted by Crippen LogP contribution is -2.35. The Kier molecular flexibility index (Phi) is 6.23. The molecule has 0 atom stereocenters. The molecule has 0 aliphatic carbocycles. The van der Waals surface area contributed by atoms with Gasteiger partial charge in [-0.1, -0.05) is 59.6 Å². The molecule has 0 unspecified atom stereocenters. The Hall–Kier alpha value is -3.17. The van der Waals surface area contributed by atoms with Crippen LogP contribution in [0, 0.1) is 0 Å². The SMILES string of the molecule is O=C(NC(=O)c1c(Cl)cccc1Cl)Nc1nc(-c2ccccc2)cc(C(F)(F)F)n1. The molecule has 0 aliphatic heterocycles. The number of nitrogens with one attached hydrogen (secondary N) is 2. The van der Waals surface area contributed by atoms with Crippen molar-refractivity contribution in [2.75, 3.05) is 5.32 Å². The molecule has 3 aromatic rings. The fraction of sp³-hybridized carbons (Fsp3) is 0.0526. The van der Waals surface area contributed by atoms with Crippen molar-refractivity contribution in [1.82, 2.24) is 15.3 Å². The highest BCUT2D eigenvalue weighted by atomic mass is 35.5. The molecule has 0 aliphatic rings. The van der Waals surface area contributed by atoms with Crippen molar-refractivity contribution in [1.29, 1.82) is 0 Å². The number of nitrogens with zero attached hydrogens (tertiary/aromatic N) is 2. The van der Waals surface area contributed by atoms with Crippen LogP contribution >= 0.6 is 23.2 Å². The Labute approximate surface area is 178 Å². The zero-order valence-electron chi connectivity index (χ0n) is 14.8. The molecule has 1 aromatic heterocycles. The van der Waals surface area contributed by atoms with Crippen molar-refractivity contribution in [3.05, 3.63) is 75.9 Å². The fourth-order valence-electron chi connectivity index (χ4n) is 2.42. The van der Waals surface area contributed by atoms with Crippen LogP contribution in [0.4, 0.5) is 23.9 Å². The van der Waals surface area contributed by atoms with E-state index in [-0.39, 0.29) is 21.3 Å². The molecule has 154 valence electrons. The van der Waals surface area contributed by atoms with E-state index in [9.17, 15) is 22.8 Å². The first-order valence-corrected chi connectivity index (χ1v) is 8.99. The quantitative estimate of drug-likeness (QED) is 0.552. The van der Waals surface area contributed by atoms with E-state index in [1.54, 1.807) is 30.3 Å². The van der Waals surface area contributed by atoms with E-state index < -0.39 is 29.8 Å². The van der Waals surface area contributed by atoms with Crippen molar-refractivity contribution in [2.45, 2.75) is 6.18 Å². The summed E-state index contributed by atoms with van der Waals surface area (Å²) in [6, 6.07) is 11.9. The first kappa shape index (κ1) is 21.5. The van der Waals surface area contributed by atoms with Gasteiger partial charge in [0.15, 0.2) is 5.69 Å². The average Bonchev–Trinajstić information content (AvgIpc) is 2.67. The third-order valence-electron chi connectivity index (χ3n) is 3.73. The number of rotatable bonds is 3. The Morgan fingerprint density at radius 2 is 1.53 bits per heavy atom. The molecule has 1 heterocycles. The molecule has 0 fully saturated rings. The lowest BCUT2D eigenvalue weighted by molar-refractivity contribution is -0.141. The molecule has 30 heavy (non-hydrogen) atoms. The van der Waals surface area contributed by atoms with Crippen molar-refractivity contribution < 1.29 is 22.8 Å². The maximum Gasteiger partial charge on any atom is 0.433 e. The van der Waals surface area contributed by atoms with Crippen LogP contribution in [-0.2, 0) is 6.18 Å². The molecular weight excluding hydrogens is 444 g/mol. The van der Waals surface area contributed by atoms with Gasteiger partial charge < -0.3 is 0 Å². The second-order valence-electron chi connectivity index (χ2n) is 5.83. The number of anilines is 1. The van der Waals surface area contributed by atoms with Gasteiger partial charge in [-0.2, -0.15) is 13.2 Å². The van der Waals surface area contributed by atoms with Gasteiger partial charge in [-0.25, -0.2) is 14.8 Å². The number of aromatic nitrogens is 2. The summed E-state index contributed by atoms with van der Waals surface area (Å²) in [5.74, 6) is -1.59. The Morgan fingerprint density at radius 1 is 0.900 bits per heavy atom. The molecule has 3 rings (SSSR count). The minimum Gasteiger partial charge on any atom is -0.276 e. The van der Waals surface area contributed by atoms with Crippen molar-refractivity contribution in [3.8, 4) is 11.3 Å². The molecule has 6 nitrogen and oxygen atoms in total. The number of halogens is 5. The van der Waals surface area contributed by atoms with Crippen LogP contribution in [0.3, 0.4) is 0 Å². The van der Waals surface area contributed by atoms with Crippen molar-refractivity contribution >= 4 is 41.1 Å². The van der Waals surface area contributed by atoms with Gasteiger partial charge in [-0.3, -0.25) is 15.4 Å². The van der Waals surface area contributed by atoms with Gasteiger partial charge in [-0.05, 0) is 18.2 Å². The first-order valence-electron chi connectivity index (χ1n) is 8.23. The maximum absolute atomic E-state index is 13.2. The van der Waals surface area contributed by atoms with Crippen LogP contribution in [0.25, 0.3) is 11.3 Å². The molecule has 2 N–H and O–H groups in total. The monoisotopic (exact) mass is 454 g/mol. The number of carbonyl (C=O) groups excluding carboxylic acids is 2. The van der Waals surface area contributed by atoms with Gasteiger partial charge in [0.2, 0.25) is 5.95 Å². The molecule has 0 spiro atoms. The van der Waals surface area contributed by atoms with Crippen LogP contribution in [0.5, 0.6) is 0 Å². The third kappa shape index (κ3) is 5.05. The van der Waals surface area contributed by atoms with E-state index in [1.165, 1.54) is 18.2 Å². The maximum atomic E-state index is 13.2. The van der Waals surface area contributed by atoms with E-state index in [2.05, 4.69) is 9.97 Å². The lowest BCUT2D eigenvalue weighted by atomic mass is 10.1. The van der Waals surface area contributed by atoms with Gasteiger partial charge in [0.05, 0.1) is 21.3 Å². The van der Waals surface area contributed by atoms with Crippen molar-refractivity contribution in [2.24, 2.45) is 0 Å². The third-order valence-corrected chi connectivity index (χ3v) is 4.36. The summed E-state index contributed by atoms with van der Waals surface area (Å²) in [6.07, 6.45) is -4.78. The molecule has 0 bridgehead atoms. The number of hydrogen-bond acceptors (Lipinski definition) is 4. The fourth-order valence-corrected chi connectivity index (χ4v) is 2.99. The highest BCUT2D eigenvalue weighted by Crippen LogP contribution is 2.31. The minimum absolute atomic E-state index is 0.00511. The summed E-state index contributed by atoms with van der Waals surface area (Å²) in [6.45, 7) is 0. The van der Waals surface area contributed by atoms with E-state index in [4.69, 9.17) is 23.2 Å². The Balaban J connectivity index is 1.86. The molecule has 3 amide bonds. The van der Waals surface area contributed by atoms with Crippen LogP contribution in [-0.4, -0.2) is 21.9 Å². The van der Waals surface area contributed by atoms with Crippen molar-refractivity contribution in [3.63, 3.8) is 0 Å². The number of amides is 3. The summed E-state index contributed by atoms with van der Waals surface area (Å²) < 4.78 is 39.7. The van der Waals surface area contributed by atoms with Gasteiger partial charge >= 0.3 is 12.2 Å². The Morgan fingerprint density at radius 3 is 2.13 bits per heavy atom. The highest BCUT2D eigenvalue weighted by Gasteiger charge is 2.34. The second-order valence-corrected chi connectivity index (χ2v) is 6.65. The van der Waals surface area contributed by atoms with Crippen LogP contribution < -0.4 is 10.6 Å². The zero-order chi connectivity index (χ0) is 21.9. The van der Waals surface area contributed by atoms with Crippen LogP contribution in [0.15, 0.2) is 54.6 Å². The average molecular weight is 455 g/mol. The number of hydrogen-bond donors (Lipinski definition) is 2. The standard InChI is InChI=1S/C19H11Cl2F3N4O2/c20-11-7-4-8-12(21)15(11)16(29)27-18(30)28-17-25-13(10-5-2-1-3-6-10)9-14(26-17)19(22,23)24/h1-9H,(H2,25,26,27,28,29,30). The number of alkyl halides is 3. The van der Waals surface area contributed by atoms with E-state index in [0.717, 1.165) is 6.07 Å². The predicted octanol–water partition coefficient (Wildman–Crippen LogP) is 5.43. The smallest absolute Gasteiger partial charge is 0.276 e. The summed E-state index contributed by atoms with van der Waals surface area (Å²) in [4.78, 5) is 31.6. The Bertz CT molecular complexity index is 1090. The summed E-state index contributed by atoms with van der Waals surface area (Å²) in [5.41, 5.74) is -1.10. The van der Waals surface area contributed by atoms with Gasteiger partial charge in [0.1, 0.15) is 0 Å². The largest absolute Gasteiger partial charge is 0.433 e. The van der Waals surface area contributed by atoms with Crippen LogP contribution in [0.2, 0.25) is 10.0 Å². The summed E-state index contributed by atoms with van der Waals surface area (Å²) >= 11 is 11.8. The lowest BCUT2D eigenvalue weighted by Gasteiger charge is -2.12. The minimum atomic E-state index is -4.78. The van der Waals surface area contributed by atoms with E-state index in [0.29, 0.717) is 5.56 Å².